The van der Waals surface area contributed by atoms with Crippen LogP contribution in [0.5, 0.6) is 0 Å². The van der Waals surface area contributed by atoms with Gasteiger partial charge in [-0.2, -0.15) is 0 Å². The number of nitrogens with one attached hydrogen (secondary N) is 1. The van der Waals surface area contributed by atoms with E-state index < -0.39 is 0 Å². The molecule has 1 unspecified atom stereocenters. The molecule has 0 radical (unpaired) electrons. The van der Waals surface area contributed by atoms with E-state index in [1.165, 1.54) is 13.3 Å². The Morgan fingerprint density at radius 1 is 1.30 bits per heavy atom. The molecule has 1 aliphatic rings. The molecule has 1 fully saturated rings. The van der Waals surface area contributed by atoms with Crippen molar-refractivity contribution >= 4 is 17.4 Å². The Morgan fingerprint density at radius 3 is 2.70 bits per heavy atom. The summed E-state index contributed by atoms with van der Waals surface area (Å²) in [5.74, 6) is 0.0132. The third-order valence-electron chi connectivity index (χ3n) is 4.40. The van der Waals surface area contributed by atoms with Crippen molar-refractivity contribution in [2.45, 2.75) is 45.1 Å². The van der Waals surface area contributed by atoms with Gasteiger partial charge < -0.3 is 10.4 Å². The summed E-state index contributed by atoms with van der Waals surface area (Å²) in [5.41, 5.74) is 1.37. The summed E-state index contributed by atoms with van der Waals surface area (Å²) in [6.07, 6.45) is 4.63. The first-order chi connectivity index (χ1) is 11.1. The van der Waals surface area contributed by atoms with Gasteiger partial charge in [0.25, 0.3) is 0 Å². The second-order valence-electron chi connectivity index (χ2n) is 6.13. The smallest absolute Gasteiger partial charge is 0.225 e. The van der Waals surface area contributed by atoms with E-state index in [1.54, 1.807) is 24.3 Å². The molecule has 0 spiro atoms. The predicted molar refractivity (Wildman–Crippen MR) is 90.6 cm³/mol. The minimum atomic E-state index is -0.00613. The summed E-state index contributed by atoms with van der Waals surface area (Å²) in [5, 5.41) is 11.8. The molecule has 0 saturated carbocycles. The van der Waals surface area contributed by atoms with Crippen LogP contribution in [0, 0.1) is 0 Å². The molecule has 1 amide bonds. The average Bonchev–Trinajstić information content (AvgIpc) is 2.99. The summed E-state index contributed by atoms with van der Waals surface area (Å²) >= 11 is 0. The van der Waals surface area contributed by atoms with Gasteiger partial charge in [-0.25, -0.2) is 0 Å². The van der Waals surface area contributed by atoms with Crippen molar-refractivity contribution < 1.29 is 14.7 Å². The molecular formula is C18H26N2O3. The van der Waals surface area contributed by atoms with Crippen LogP contribution in [0.4, 0.5) is 5.69 Å². The summed E-state index contributed by atoms with van der Waals surface area (Å²) in [6.45, 7) is 3.56. The van der Waals surface area contributed by atoms with Gasteiger partial charge >= 0.3 is 0 Å². The highest BCUT2D eigenvalue weighted by atomic mass is 16.3. The highest BCUT2D eigenvalue weighted by Gasteiger charge is 2.24. The third-order valence-corrected chi connectivity index (χ3v) is 4.40. The standard InChI is InChI=1S/C18H26N2O3/c1-14(22)15-6-8-16(9-7-15)19-18(23)10-12-20-11-2-4-17(20)5-3-13-21/h6-9,17,21H,2-5,10-13H2,1H3,(H,19,23). The van der Waals surface area contributed by atoms with Gasteiger partial charge in [-0.3, -0.25) is 14.5 Å². The van der Waals surface area contributed by atoms with Crippen LogP contribution in [0.25, 0.3) is 0 Å². The second-order valence-corrected chi connectivity index (χ2v) is 6.13. The Bertz CT molecular complexity index is 528. The number of nitrogens with zero attached hydrogens (tertiary/aromatic N) is 1. The first-order valence-corrected chi connectivity index (χ1v) is 8.36. The molecule has 1 aromatic rings. The molecule has 0 aromatic heterocycles. The molecule has 1 aromatic carbocycles. The van der Waals surface area contributed by atoms with E-state index in [4.69, 9.17) is 5.11 Å². The van der Waals surface area contributed by atoms with E-state index in [0.717, 1.165) is 38.0 Å². The zero-order chi connectivity index (χ0) is 16.7. The lowest BCUT2D eigenvalue weighted by molar-refractivity contribution is -0.116. The number of benzene rings is 1. The Labute approximate surface area is 137 Å². The number of Topliss-reactive ketones (excluding diaryl/α,β-unsaturated/α-hetero) is 1. The van der Waals surface area contributed by atoms with Crippen molar-refractivity contribution in [1.82, 2.24) is 4.90 Å². The zero-order valence-corrected chi connectivity index (χ0v) is 13.8. The van der Waals surface area contributed by atoms with Gasteiger partial charge in [0.05, 0.1) is 0 Å². The molecule has 5 heteroatoms. The quantitative estimate of drug-likeness (QED) is 0.722. The monoisotopic (exact) mass is 318 g/mol. The first-order valence-electron chi connectivity index (χ1n) is 8.36. The molecule has 1 atom stereocenters. The lowest BCUT2D eigenvalue weighted by atomic mass is 10.1. The fraction of sp³-hybridized carbons (Fsp3) is 0.556. The van der Waals surface area contributed by atoms with Crippen LogP contribution in [0.2, 0.25) is 0 Å². The zero-order valence-electron chi connectivity index (χ0n) is 13.8. The van der Waals surface area contributed by atoms with Crippen LogP contribution < -0.4 is 5.32 Å². The molecule has 2 rings (SSSR count). The van der Waals surface area contributed by atoms with Gasteiger partial charge in [0, 0.05) is 36.9 Å². The second kappa shape index (κ2) is 8.79. The van der Waals surface area contributed by atoms with Crippen LogP contribution in [-0.2, 0) is 4.79 Å². The molecule has 1 aliphatic heterocycles. The molecule has 126 valence electrons. The maximum atomic E-state index is 12.1. The number of hydrogen-bond acceptors (Lipinski definition) is 4. The van der Waals surface area contributed by atoms with Crippen molar-refractivity contribution in [1.29, 1.82) is 0 Å². The van der Waals surface area contributed by atoms with Crippen molar-refractivity contribution in [3.05, 3.63) is 29.8 Å². The van der Waals surface area contributed by atoms with Gasteiger partial charge in [0.15, 0.2) is 5.78 Å². The Morgan fingerprint density at radius 2 is 2.04 bits per heavy atom. The maximum Gasteiger partial charge on any atom is 0.225 e. The predicted octanol–water partition coefficient (Wildman–Crippen LogP) is 2.45. The fourth-order valence-electron chi connectivity index (χ4n) is 3.10. The Hall–Kier alpha value is -1.72. The van der Waals surface area contributed by atoms with Gasteiger partial charge in [0.2, 0.25) is 5.91 Å². The number of hydrogen-bond donors (Lipinski definition) is 2. The lowest BCUT2D eigenvalue weighted by Crippen LogP contribution is -2.32. The number of anilines is 1. The average molecular weight is 318 g/mol. The molecule has 5 nitrogen and oxygen atoms in total. The summed E-state index contributed by atoms with van der Waals surface area (Å²) in [7, 11) is 0. The number of likely N-dealkylation sites (tertiary alicyclic amines) is 1. The molecule has 0 aliphatic carbocycles. The van der Waals surface area contributed by atoms with E-state index >= 15 is 0 Å². The van der Waals surface area contributed by atoms with E-state index in [2.05, 4.69) is 10.2 Å². The summed E-state index contributed by atoms with van der Waals surface area (Å²) < 4.78 is 0. The van der Waals surface area contributed by atoms with E-state index in [-0.39, 0.29) is 18.3 Å². The van der Waals surface area contributed by atoms with Crippen molar-refractivity contribution in [3.63, 3.8) is 0 Å². The minimum Gasteiger partial charge on any atom is -0.396 e. The highest BCUT2D eigenvalue weighted by Crippen LogP contribution is 2.21. The summed E-state index contributed by atoms with van der Waals surface area (Å²) in [4.78, 5) is 25.6. The van der Waals surface area contributed by atoms with Crippen molar-refractivity contribution in [2.24, 2.45) is 0 Å². The van der Waals surface area contributed by atoms with Crippen LogP contribution >= 0.6 is 0 Å². The van der Waals surface area contributed by atoms with E-state index in [9.17, 15) is 9.59 Å². The van der Waals surface area contributed by atoms with Crippen molar-refractivity contribution in [2.75, 3.05) is 25.0 Å². The third kappa shape index (κ3) is 5.44. The van der Waals surface area contributed by atoms with E-state index in [1.807, 2.05) is 0 Å². The topological polar surface area (TPSA) is 69.6 Å². The molecule has 23 heavy (non-hydrogen) atoms. The Balaban J connectivity index is 1.77. The maximum absolute atomic E-state index is 12.1. The van der Waals surface area contributed by atoms with Gasteiger partial charge in [-0.15, -0.1) is 0 Å². The Kier molecular flexibility index (Phi) is 6.74. The van der Waals surface area contributed by atoms with Crippen LogP contribution in [-0.4, -0.2) is 47.4 Å². The van der Waals surface area contributed by atoms with E-state index in [0.29, 0.717) is 18.0 Å². The molecular weight excluding hydrogens is 292 g/mol. The highest BCUT2D eigenvalue weighted by molar-refractivity contribution is 5.95. The number of carbonyl (C=O) groups excluding carboxylic acids is 2. The molecule has 1 heterocycles. The number of aliphatic hydroxyl groups is 1. The molecule has 1 saturated heterocycles. The van der Waals surface area contributed by atoms with Crippen LogP contribution in [0.3, 0.4) is 0 Å². The van der Waals surface area contributed by atoms with Gasteiger partial charge in [-0.05, 0) is 63.4 Å². The fourth-order valence-corrected chi connectivity index (χ4v) is 3.10. The number of amides is 1. The van der Waals surface area contributed by atoms with Gasteiger partial charge in [0.1, 0.15) is 0 Å². The number of rotatable bonds is 8. The number of carbonyl (C=O) groups is 2. The molecule has 0 bridgehead atoms. The minimum absolute atomic E-state index is 0.00613. The lowest BCUT2D eigenvalue weighted by Gasteiger charge is -2.23. The summed E-state index contributed by atoms with van der Waals surface area (Å²) in [6, 6.07) is 7.47. The first kappa shape index (κ1) is 17.6. The normalized spacial score (nSPS) is 18.1. The SMILES string of the molecule is CC(=O)c1ccc(NC(=O)CCN2CCCC2CCCO)cc1. The number of ketones is 1. The van der Waals surface area contributed by atoms with Gasteiger partial charge in [-0.1, -0.05) is 0 Å². The van der Waals surface area contributed by atoms with Crippen molar-refractivity contribution in [3.8, 4) is 0 Å². The largest absolute Gasteiger partial charge is 0.396 e. The number of aliphatic hydroxyl groups excluding tert-OH is 1. The molecule has 2 N–H and O–H groups in total. The van der Waals surface area contributed by atoms with Crippen LogP contribution in [0.15, 0.2) is 24.3 Å². The van der Waals surface area contributed by atoms with Crippen LogP contribution in [0.1, 0.15) is 49.4 Å².